The van der Waals surface area contributed by atoms with Crippen molar-refractivity contribution in [1.82, 2.24) is 4.90 Å². The maximum absolute atomic E-state index is 12.1. The van der Waals surface area contributed by atoms with Gasteiger partial charge in [-0.1, -0.05) is 64.5 Å². The Morgan fingerprint density at radius 1 is 1.05 bits per heavy atom. The minimum atomic E-state index is 0.148. The van der Waals surface area contributed by atoms with Crippen molar-refractivity contribution in [2.24, 2.45) is 0 Å². The molecular weight excluding hydrogens is 302 g/mol. The summed E-state index contributed by atoms with van der Waals surface area (Å²) in [4.78, 5) is 14.1. The van der Waals surface area contributed by atoms with E-state index in [-0.39, 0.29) is 5.78 Å². The molecule has 0 fully saturated rings. The Labute approximate surface area is 122 Å². The summed E-state index contributed by atoms with van der Waals surface area (Å²) in [6.07, 6.45) is 0. The summed E-state index contributed by atoms with van der Waals surface area (Å²) >= 11 is 3.52. The van der Waals surface area contributed by atoms with Gasteiger partial charge in [0.25, 0.3) is 0 Å². The number of ketones is 1. The maximum Gasteiger partial charge on any atom is 0.176 e. The number of hydrogen-bond acceptors (Lipinski definition) is 2. The van der Waals surface area contributed by atoms with Crippen LogP contribution in [0.25, 0.3) is 0 Å². The van der Waals surface area contributed by atoms with Gasteiger partial charge in [-0.2, -0.15) is 0 Å². The Balaban J connectivity index is 1.97. The summed E-state index contributed by atoms with van der Waals surface area (Å²) < 4.78 is 1.08. The Hall–Kier alpha value is -1.45. The van der Waals surface area contributed by atoms with Crippen LogP contribution >= 0.6 is 15.9 Å². The molecule has 0 radical (unpaired) electrons. The molecule has 19 heavy (non-hydrogen) atoms. The predicted octanol–water partition coefficient (Wildman–Crippen LogP) is 3.76. The third-order valence-corrected chi connectivity index (χ3v) is 3.68. The van der Waals surface area contributed by atoms with Crippen molar-refractivity contribution < 1.29 is 4.79 Å². The van der Waals surface area contributed by atoms with Gasteiger partial charge in [-0.3, -0.25) is 9.69 Å². The van der Waals surface area contributed by atoms with Gasteiger partial charge >= 0.3 is 0 Å². The first kappa shape index (κ1) is 14.0. The highest BCUT2D eigenvalue weighted by Gasteiger charge is 2.10. The molecule has 0 saturated heterocycles. The first-order valence-electron chi connectivity index (χ1n) is 6.17. The Bertz CT molecular complexity index is 554. The fourth-order valence-corrected chi connectivity index (χ4v) is 2.34. The summed E-state index contributed by atoms with van der Waals surface area (Å²) in [7, 11) is 1.96. The molecule has 0 aromatic heterocycles. The van der Waals surface area contributed by atoms with Crippen LogP contribution in [-0.4, -0.2) is 24.3 Å². The molecule has 3 heteroatoms. The second-order valence-electron chi connectivity index (χ2n) is 4.55. The van der Waals surface area contributed by atoms with Crippen LogP contribution in [0.5, 0.6) is 0 Å². The lowest BCUT2D eigenvalue weighted by atomic mass is 10.1. The van der Waals surface area contributed by atoms with Crippen LogP contribution < -0.4 is 0 Å². The van der Waals surface area contributed by atoms with Gasteiger partial charge in [0.1, 0.15) is 0 Å². The number of benzene rings is 2. The van der Waals surface area contributed by atoms with Crippen molar-refractivity contribution in [2.45, 2.75) is 6.54 Å². The molecule has 0 unspecified atom stereocenters. The highest BCUT2D eigenvalue weighted by Crippen LogP contribution is 2.17. The summed E-state index contributed by atoms with van der Waals surface area (Å²) in [6, 6.07) is 17.5. The molecule has 2 nitrogen and oxygen atoms in total. The van der Waals surface area contributed by atoms with Gasteiger partial charge in [0.05, 0.1) is 6.54 Å². The van der Waals surface area contributed by atoms with Gasteiger partial charge < -0.3 is 0 Å². The van der Waals surface area contributed by atoms with E-state index in [1.54, 1.807) is 0 Å². The Morgan fingerprint density at radius 2 is 1.68 bits per heavy atom. The van der Waals surface area contributed by atoms with E-state index >= 15 is 0 Å². The minimum Gasteiger partial charge on any atom is -0.295 e. The monoisotopic (exact) mass is 317 g/mol. The molecule has 0 aliphatic heterocycles. The average molecular weight is 318 g/mol. The van der Waals surface area contributed by atoms with Crippen LogP contribution in [0.2, 0.25) is 0 Å². The number of rotatable bonds is 5. The van der Waals surface area contributed by atoms with Crippen LogP contribution in [0.3, 0.4) is 0 Å². The van der Waals surface area contributed by atoms with E-state index in [2.05, 4.69) is 22.0 Å². The molecule has 0 atom stereocenters. The standard InChI is InChI=1S/C16H16BrNO/c1-18(11-14-9-5-6-10-15(14)17)12-16(19)13-7-3-2-4-8-13/h2-10H,11-12H2,1H3. The fourth-order valence-electron chi connectivity index (χ4n) is 1.93. The number of nitrogens with zero attached hydrogens (tertiary/aromatic N) is 1. The number of carbonyl (C=O) groups is 1. The molecule has 0 heterocycles. The third-order valence-electron chi connectivity index (χ3n) is 2.91. The van der Waals surface area contributed by atoms with Gasteiger partial charge in [-0.05, 0) is 18.7 Å². The van der Waals surface area contributed by atoms with Crippen LogP contribution in [0.15, 0.2) is 59.1 Å². The fraction of sp³-hybridized carbons (Fsp3) is 0.188. The van der Waals surface area contributed by atoms with Crippen molar-refractivity contribution in [3.63, 3.8) is 0 Å². The number of hydrogen-bond donors (Lipinski definition) is 0. The predicted molar refractivity (Wildman–Crippen MR) is 81.2 cm³/mol. The van der Waals surface area contributed by atoms with Crippen molar-refractivity contribution in [1.29, 1.82) is 0 Å². The number of Topliss-reactive ketones (excluding diaryl/α,β-unsaturated/α-hetero) is 1. The van der Waals surface area contributed by atoms with Crippen LogP contribution in [0.4, 0.5) is 0 Å². The van der Waals surface area contributed by atoms with Gasteiger partial charge in [0, 0.05) is 16.6 Å². The summed E-state index contributed by atoms with van der Waals surface area (Å²) in [5, 5.41) is 0. The molecule has 2 aromatic carbocycles. The van der Waals surface area contributed by atoms with E-state index in [1.165, 1.54) is 5.56 Å². The lowest BCUT2D eigenvalue weighted by molar-refractivity contribution is 0.0943. The molecule has 2 aromatic rings. The molecule has 0 saturated carbocycles. The molecular formula is C16H16BrNO. The van der Waals surface area contributed by atoms with Crippen molar-refractivity contribution >= 4 is 21.7 Å². The third kappa shape index (κ3) is 4.01. The zero-order valence-corrected chi connectivity index (χ0v) is 12.4. The van der Waals surface area contributed by atoms with Gasteiger partial charge in [0.15, 0.2) is 5.78 Å². The van der Waals surface area contributed by atoms with Crippen molar-refractivity contribution in [3.05, 3.63) is 70.2 Å². The van der Waals surface area contributed by atoms with E-state index < -0.39 is 0 Å². The molecule has 2 rings (SSSR count). The molecule has 0 aliphatic carbocycles. The lowest BCUT2D eigenvalue weighted by Crippen LogP contribution is -2.25. The average Bonchev–Trinajstić information content (AvgIpc) is 2.42. The molecule has 0 bridgehead atoms. The molecule has 0 amide bonds. The van der Waals surface area contributed by atoms with Gasteiger partial charge in [-0.25, -0.2) is 0 Å². The minimum absolute atomic E-state index is 0.148. The number of carbonyl (C=O) groups excluding carboxylic acids is 1. The van der Waals surface area contributed by atoms with Crippen LogP contribution in [0.1, 0.15) is 15.9 Å². The second kappa shape index (κ2) is 6.64. The topological polar surface area (TPSA) is 20.3 Å². The maximum atomic E-state index is 12.1. The quantitative estimate of drug-likeness (QED) is 0.782. The number of halogens is 1. The van der Waals surface area contributed by atoms with E-state index in [1.807, 2.05) is 60.5 Å². The smallest absolute Gasteiger partial charge is 0.176 e. The van der Waals surface area contributed by atoms with Crippen molar-refractivity contribution in [2.75, 3.05) is 13.6 Å². The summed E-state index contributed by atoms with van der Waals surface area (Å²) in [5.74, 6) is 0.148. The van der Waals surface area contributed by atoms with Crippen LogP contribution in [0, 0.1) is 0 Å². The van der Waals surface area contributed by atoms with Crippen LogP contribution in [-0.2, 0) is 6.54 Å². The van der Waals surface area contributed by atoms with Gasteiger partial charge in [-0.15, -0.1) is 0 Å². The largest absolute Gasteiger partial charge is 0.295 e. The zero-order valence-electron chi connectivity index (χ0n) is 10.8. The molecule has 0 N–H and O–H groups in total. The van der Waals surface area contributed by atoms with E-state index in [0.29, 0.717) is 6.54 Å². The Morgan fingerprint density at radius 3 is 2.37 bits per heavy atom. The number of likely N-dealkylation sites (N-methyl/N-ethyl adjacent to an activating group) is 1. The molecule has 0 aliphatic rings. The summed E-state index contributed by atoms with van der Waals surface area (Å²) in [5.41, 5.74) is 1.95. The highest BCUT2D eigenvalue weighted by atomic mass is 79.9. The first-order chi connectivity index (χ1) is 9.16. The first-order valence-corrected chi connectivity index (χ1v) is 6.96. The van der Waals surface area contributed by atoms with Crippen molar-refractivity contribution in [3.8, 4) is 0 Å². The normalized spacial score (nSPS) is 10.7. The molecule has 98 valence electrons. The van der Waals surface area contributed by atoms with E-state index in [4.69, 9.17) is 0 Å². The zero-order chi connectivity index (χ0) is 13.7. The second-order valence-corrected chi connectivity index (χ2v) is 5.41. The molecule has 0 spiro atoms. The Kier molecular flexibility index (Phi) is 4.88. The van der Waals surface area contributed by atoms with E-state index in [9.17, 15) is 4.79 Å². The van der Waals surface area contributed by atoms with E-state index in [0.717, 1.165) is 16.6 Å². The summed E-state index contributed by atoms with van der Waals surface area (Å²) in [6.45, 7) is 1.17. The SMILES string of the molecule is CN(CC(=O)c1ccccc1)Cc1ccccc1Br. The van der Waals surface area contributed by atoms with Gasteiger partial charge in [0.2, 0.25) is 0 Å². The highest BCUT2D eigenvalue weighted by molar-refractivity contribution is 9.10. The lowest BCUT2D eigenvalue weighted by Gasteiger charge is -2.16.